The zero-order chi connectivity index (χ0) is 48.2. The number of hydrogen-bond donors (Lipinski definition) is 0. The van der Waals surface area contributed by atoms with Crippen molar-refractivity contribution in [3.05, 3.63) is 0 Å². The second-order valence-electron chi connectivity index (χ2n) is 21.1. The zero-order valence-electron chi connectivity index (χ0n) is 45.3. The first-order chi connectivity index (χ1) is 32.3. The van der Waals surface area contributed by atoms with Crippen molar-refractivity contribution in [2.45, 2.75) is 343 Å². The van der Waals surface area contributed by atoms with E-state index in [2.05, 4.69) is 34.6 Å². The minimum atomic E-state index is -0.763. The Bertz CT molecular complexity index is 1010. The molecule has 0 rings (SSSR count). The van der Waals surface area contributed by atoms with Crippen LogP contribution < -0.4 is 0 Å². The molecule has 0 fully saturated rings. The van der Waals surface area contributed by atoms with E-state index in [1.165, 1.54) is 225 Å². The SMILES string of the molecule is CCCCCCCCCCCCCCCCCCC(=O)OC[C@@H](COC(=O)CCCCCCCCCCCCC(C)CC)OC(=O)CCCCCCCCCCCCCCCCC(C)CC. The fraction of sp³-hybridized carbons (Fsp3) is 0.950. The van der Waals surface area contributed by atoms with Gasteiger partial charge in [-0.1, -0.05) is 298 Å². The Morgan fingerprint density at radius 1 is 0.303 bits per heavy atom. The lowest BCUT2D eigenvalue weighted by Crippen LogP contribution is -2.30. The summed E-state index contributed by atoms with van der Waals surface area (Å²) in [7, 11) is 0. The standard InChI is InChI=1S/C60H116O6/c1-6-9-10-11-12-13-14-15-16-17-21-24-30-35-40-45-50-58(61)64-53-57(54-65-59(62)51-46-41-36-31-27-26-29-34-39-44-49-56(5)8-3)66-60(63)52-47-42-37-32-25-22-19-18-20-23-28-33-38-43-48-55(4)7-2/h55-57H,6-54H2,1-5H3/t55?,56?,57-/m0/s1. The van der Waals surface area contributed by atoms with Gasteiger partial charge >= 0.3 is 17.9 Å². The highest BCUT2D eigenvalue weighted by molar-refractivity contribution is 5.71. The average molecular weight is 934 g/mol. The Hall–Kier alpha value is -1.59. The summed E-state index contributed by atoms with van der Waals surface area (Å²) in [5, 5.41) is 0. The van der Waals surface area contributed by atoms with E-state index in [1.54, 1.807) is 0 Å². The quantitative estimate of drug-likeness (QED) is 0.0343. The predicted octanol–water partition coefficient (Wildman–Crippen LogP) is 19.7. The Morgan fingerprint density at radius 2 is 0.530 bits per heavy atom. The van der Waals surface area contributed by atoms with Gasteiger partial charge in [-0.15, -0.1) is 0 Å². The summed E-state index contributed by atoms with van der Waals surface area (Å²) in [6.45, 7) is 11.5. The van der Waals surface area contributed by atoms with Gasteiger partial charge in [0.1, 0.15) is 13.2 Å². The molecule has 0 N–H and O–H groups in total. The summed E-state index contributed by atoms with van der Waals surface area (Å²) in [6, 6.07) is 0. The van der Waals surface area contributed by atoms with Crippen LogP contribution in [0.4, 0.5) is 0 Å². The second kappa shape index (κ2) is 52.8. The lowest BCUT2D eigenvalue weighted by atomic mass is 9.99. The lowest BCUT2D eigenvalue weighted by molar-refractivity contribution is -0.167. The van der Waals surface area contributed by atoms with Crippen LogP contribution >= 0.6 is 0 Å². The van der Waals surface area contributed by atoms with Gasteiger partial charge in [-0.3, -0.25) is 14.4 Å². The topological polar surface area (TPSA) is 78.9 Å². The minimum Gasteiger partial charge on any atom is -0.462 e. The van der Waals surface area contributed by atoms with Crippen LogP contribution in [0.1, 0.15) is 336 Å². The van der Waals surface area contributed by atoms with Crippen molar-refractivity contribution >= 4 is 17.9 Å². The summed E-state index contributed by atoms with van der Waals surface area (Å²) in [4.78, 5) is 38.2. The summed E-state index contributed by atoms with van der Waals surface area (Å²) < 4.78 is 16.9. The van der Waals surface area contributed by atoms with Crippen LogP contribution in [-0.4, -0.2) is 37.2 Å². The van der Waals surface area contributed by atoms with Gasteiger partial charge in [0.2, 0.25) is 0 Å². The predicted molar refractivity (Wildman–Crippen MR) is 284 cm³/mol. The van der Waals surface area contributed by atoms with Crippen molar-refractivity contribution in [3.8, 4) is 0 Å². The molecule has 66 heavy (non-hydrogen) atoms. The third-order valence-corrected chi connectivity index (χ3v) is 14.4. The number of unbranched alkanes of at least 4 members (excludes halogenated alkanes) is 37. The molecule has 0 saturated carbocycles. The molecule has 3 atom stereocenters. The van der Waals surface area contributed by atoms with Crippen molar-refractivity contribution in [1.82, 2.24) is 0 Å². The first kappa shape index (κ1) is 64.4. The average Bonchev–Trinajstić information content (AvgIpc) is 3.32. The van der Waals surface area contributed by atoms with Crippen molar-refractivity contribution in [3.63, 3.8) is 0 Å². The molecule has 0 heterocycles. The van der Waals surface area contributed by atoms with Crippen molar-refractivity contribution in [1.29, 1.82) is 0 Å². The van der Waals surface area contributed by atoms with Crippen LogP contribution in [0.2, 0.25) is 0 Å². The Labute approximate surface area is 412 Å². The van der Waals surface area contributed by atoms with Crippen molar-refractivity contribution in [2.24, 2.45) is 11.8 Å². The maximum Gasteiger partial charge on any atom is 0.306 e. The summed E-state index contributed by atoms with van der Waals surface area (Å²) in [5.41, 5.74) is 0. The molecule has 0 amide bonds. The van der Waals surface area contributed by atoms with E-state index in [1.807, 2.05) is 0 Å². The molecule has 392 valence electrons. The molecule has 6 heteroatoms. The molecule has 0 aliphatic carbocycles. The lowest BCUT2D eigenvalue weighted by Gasteiger charge is -2.18. The normalized spacial score (nSPS) is 12.9. The molecule has 0 radical (unpaired) electrons. The monoisotopic (exact) mass is 933 g/mol. The van der Waals surface area contributed by atoms with Crippen LogP contribution in [0.15, 0.2) is 0 Å². The van der Waals surface area contributed by atoms with Crippen molar-refractivity contribution < 1.29 is 28.6 Å². The van der Waals surface area contributed by atoms with Gasteiger partial charge in [-0.2, -0.15) is 0 Å². The molecule has 6 nitrogen and oxygen atoms in total. The largest absolute Gasteiger partial charge is 0.462 e. The van der Waals surface area contributed by atoms with Gasteiger partial charge in [0.25, 0.3) is 0 Å². The smallest absolute Gasteiger partial charge is 0.306 e. The van der Waals surface area contributed by atoms with E-state index in [4.69, 9.17) is 14.2 Å². The summed E-state index contributed by atoms with van der Waals surface area (Å²) in [6.07, 6.45) is 56.5. The number of ether oxygens (including phenoxy) is 3. The molecular formula is C60H116O6. The Balaban J connectivity index is 4.31. The molecule has 0 aromatic heterocycles. The van der Waals surface area contributed by atoms with Gasteiger partial charge in [0.15, 0.2) is 6.10 Å². The van der Waals surface area contributed by atoms with E-state index in [9.17, 15) is 14.4 Å². The second-order valence-corrected chi connectivity index (χ2v) is 21.1. The number of esters is 3. The summed E-state index contributed by atoms with van der Waals surface area (Å²) in [5.74, 6) is 0.927. The molecule has 2 unspecified atom stereocenters. The Morgan fingerprint density at radius 3 is 0.788 bits per heavy atom. The zero-order valence-corrected chi connectivity index (χ0v) is 45.3. The maximum atomic E-state index is 12.9. The highest BCUT2D eigenvalue weighted by Crippen LogP contribution is 2.19. The molecular weight excluding hydrogens is 817 g/mol. The van der Waals surface area contributed by atoms with Crippen LogP contribution in [0, 0.1) is 11.8 Å². The first-order valence-electron chi connectivity index (χ1n) is 29.8. The number of hydrogen-bond acceptors (Lipinski definition) is 6. The summed E-state index contributed by atoms with van der Waals surface area (Å²) >= 11 is 0. The third kappa shape index (κ3) is 50.3. The van der Waals surface area contributed by atoms with E-state index in [-0.39, 0.29) is 31.1 Å². The van der Waals surface area contributed by atoms with Gasteiger partial charge in [-0.25, -0.2) is 0 Å². The number of rotatable bonds is 54. The van der Waals surface area contributed by atoms with E-state index in [0.717, 1.165) is 69.6 Å². The number of carbonyl (C=O) groups is 3. The van der Waals surface area contributed by atoms with Crippen LogP contribution in [-0.2, 0) is 28.6 Å². The highest BCUT2D eigenvalue weighted by atomic mass is 16.6. The third-order valence-electron chi connectivity index (χ3n) is 14.4. The molecule has 0 aliphatic heterocycles. The highest BCUT2D eigenvalue weighted by Gasteiger charge is 2.19. The van der Waals surface area contributed by atoms with E-state index >= 15 is 0 Å². The van der Waals surface area contributed by atoms with Crippen LogP contribution in [0.3, 0.4) is 0 Å². The molecule has 0 aliphatic rings. The molecule has 0 aromatic rings. The minimum absolute atomic E-state index is 0.0625. The number of carbonyl (C=O) groups excluding carboxylic acids is 3. The van der Waals surface area contributed by atoms with E-state index < -0.39 is 6.10 Å². The van der Waals surface area contributed by atoms with E-state index in [0.29, 0.717) is 19.3 Å². The molecule has 0 bridgehead atoms. The van der Waals surface area contributed by atoms with Crippen LogP contribution in [0.5, 0.6) is 0 Å². The molecule has 0 spiro atoms. The maximum absolute atomic E-state index is 12.9. The first-order valence-corrected chi connectivity index (χ1v) is 29.8. The van der Waals surface area contributed by atoms with Crippen LogP contribution in [0.25, 0.3) is 0 Å². The fourth-order valence-corrected chi connectivity index (χ4v) is 9.16. The van der Waals surface area contributed by atoms with Gasteiger partial charge < -0.3 is 14.2 Å². The molecule has 0 saturated heterocycles. The molecule has 0 aromatic carbocycles. The van der Waals surface area contributed by atoms with Gasteiger partial charge in [-0.05, 0) is 31.1 Å². The van der Waals surface area contributed by atoms with Gasteiger partial charge in [0.05, 0.1) is 0 Å². The van der Waals surface area contributed by atoms with Crippen molar-refractivity contribution in [2.75, 3.05) is 13.2 Å². The Kier molecular flexibility index (Phi) is 51.5. The fourth-order valence-electron chi connectivity index (χ4n) is 9.16. The van der Waals surface area contributed by atoms with Gasteiger partial charge in [0, 0.05) is 19.3 Å².